The van der Waals surface area contributed by atoms with Crippen LogP contribution < -0.4 is 11.1 Å². The number of fused-ring (bicyclic) bond motifs is 2. The first-order valence-corrected chi connectivity index (χ1v) is 14.6. The van der Waals surface area contributed by atoms with Crippen LogP contribution in [0.25, 0.3) is 39.6 Å². The molecule has 5 aromatic rings. The molecule has 1 amide bonds. The second-order valence-corrected chi connectivity index (χ2v) is 11.1. The van der Waals surface area contributed by atoms with Crippen LogP contribution >= 0.6 is 0 Å². The van der Waals surface area contributed by atoms with Crippen LogP contribution in [-0.2, 0) is 11.2 Å². The molecule has 224 valence electrons. The van der Waals surface area contributed by atoms with E-state index in [0.717, 1.165) is 44.5 Å². The van der Waals surface area contributed by atoms with Gasteiger partial charge in [0, 0.05) is 43.3 Å². The Morgan fingerprint density at radius 1 is 1.07 bits per heavy atom. The molecule has 3 N–H and O–H groups in total. The van der Waals surface area contributed by atoms with Gasteiger partial charge < -0.3 is 16.0 Å². The zero-order valence-electron chi connectivity index (χ0n) is 23.9. The average Bonchev–Trinajstić information content (AvgIpc) is 3.78. The van der Waals surface area contributed by atoms with E-state index in [1.165, 1.54) is 29.5 Å². The largest absolute Gasteiger partial charge is 0.383 e. The van der Waals surface area contributed by atoms with E-state index in [4.69, 9.17) is 15.7 Å². The number of nitrogen functional groups attached to an aromatic ring is 1. The Bertz CT molecular complexity index is 1870. The average molecular weight is 596 g/mol. The molecular weight excluding hydrogens is 564 g/mol. The van der Waals surface area contributed by atoms with Crippen molar-refractivity contribution in [3.8, 4) is 28.5 Å². The Morgan fingerprint density at radius 3 is 2.66 bits per heavy atom. The number of pyridine rings is 2. The van der Waals surface area contributed by atoms with Crippen LogP contribution in [0.15, 0.2) is 73.6 Å². The third-order valence-corrected chi connectivity index (χ3v) is 8.54. The number of rotatable bonds is 7. The fourth-order valence-electron chi connectivity index (χ4n) is 6.31. The van der Waals surface area contributed by atoms with Crippen molar-refractivity contribution in [2.24, 2.45) is 0 Å². The number of carbonyl (C=O) groups is 1. The van der Waals surface area contributed by atoms with E-state index in [2.05, 4.69) is 40.2 Å². The fraction of sp³-hybridized carbons (Fsp3) is 0.281. The predicted molar refractivity (Wildman–Crippen MR) is 163 cm³/mol. The molecule has 44 heavy (non-hydrogen) atoms. The van der Waals surface area contributed by atoms with Crippen molar-refractivity contribution in [2.75, 3.05) is 18.8 Å². The van der Waals surface area contributed by atoms with Crippen molar-refractivity contribution in [2.45, 2.75) is 44.3 Å². The molecule has 1 aliphatic carbocycles. The van der Waals surface area contributed by atoms with Crippen molar-refractivity contribution < 1.29 is 13.6 Å². The van der Waals surface area contributed by atoms with Gasteiger partial charge in [-0.05, 0) is 85.4 Å². The third-order valence-electron chi connectivity index (χ3n) is 8.54. The number of nitrogens with zero attached hydrogens (tertiary/aromatic N) is 7. The van der Waals surface area contributed by atoms with Crippen molar-refractivity contribution in [1.82, 2.24) is 39.5 Å². The lowest BCUT2D eigenvalue weighted by atomic mass is 10.0. The van der Waals surface area contributed by atoms with Crippen LogP contribution in [-0.4, -0.2) is 59.2 Å². The van der Waals surface area contributed by atoms with Gasteiger partial charge in [0.15, 0.2) is 11.5 Å². The van der Waals surface area contributed by atoms with Gasteiger partial charge in [-0.1, -0.05) is 12.6 Å². The number of halogens is 2. The SMILES string of the molecule is C=CC(=O)N1CCC(NC2CCc3cc(-n4c(-c5cccnc5N)nc5ccc(-c6ccn(C(F)F)n6)nc54)ccc32)CC1. The smallest absolute Gasteiger partial charge is 0.333 e. The van der Waals surface area contributed by atoms with Crippen molar-refractivity contribution in [3.05, 3.63) is 84.7 Å². The molecule has 1 saturated heterocycles. The molecule has 0 radical (unpaired) electrons. The van der Waals surface area contributed by atoms with Gasteiger partial charge in [-0.15, -0.1) is 0 Å². The lowest BCUT2D eigenvalue weighted by Gasteiger charge is -2.33. The number of carbonyl (C=O) groups excluding carboxylic acids is 1. The molecule has 4 aromatic heterocycles. The maximum absolute atomic E-state index is 13.2. The van der Waals surface area contributed by atoms with Crippen LogP contribution in [0.4, 0.5) is 14.6 Å². The number of piperidine rings is 1. The predicted octanol–water partition coefficient (Wildman–Crippen LogP) is 5.08. The number of nitrogens with one attached hydrogen (secondary N) is 1. The molecule has 10 nitrogen and oxygen atoms in total. The van der Waals surface area contributed by atoms with Crippen molar-refractivity contribution >= 4 is 22.9 Å². The highest BCUT2D eigenvalue weighted by Crippen LogP contribution is 2.37. The molecule has 2 aliphatic rings. The molecule has 5 heterocycles. The zero-order chi connectivity index (χ0) is 30.4. The van der Waals surface area contributed by atoms with Crippen LogP contribution in [0.1, 0.15) is 43.0 Å². The first kappa shape index (κ1) is 27.8. The van der Waals surface area contributed by atoms with E-state index < -0.39 is 6.55 Å². The number of benzene rings is 1. The van der Waals surface area contributed by atoms with E-state index in [1.54, 1.807) is 12.3 Å². The Balaban J connectivity index is 1.24. The summed E-state index contributed by atoms with van der Waals surface area (Å²) in [6.45, 7) is 2.32. The highest BCUT2D eigenvalue weighted by atomic mass is 19.3. The van der Waals surface area contributed by atoms with Gasteiger partial charge >= 0.3 is 6.55 Å². The molecular formula is C32H31F2N9O. The van der Waals surface area contributed by atoms with Crippen LogP contribution in [0.3, 0.4) is 0 Å². The lowest BCUT2D eigenvalue weighted by Crippen LogP contribution is -2.45. The summed E-state index contributed by atoms with van der Waals surface area (Å²) in [5, 5.41) is 7.84. The van der Waals surface area contributed by atoms with Crippen molar-refractivity contribution in [1.29, 1.82) is 0 Å². The minimum absolute atomic E-state index is 0.00827. The van der Waals surface area contributed by atoms with E-state index >= 15 is 0 Å². The summed E-state index contributed by atoms with van der Waals surface area (Å²) < 4.78 is 29.0. The number of likely N-dealkylation sites (tertiary alicyclic amines) is 1. The number of imidazole rings is 1. The van der Waals surface area contributed by atoms with Gasteiger partial charge in [0.2, 0.25) is 5.91 Å². The summed E-state index contributed by atoms with van der Waals surface area (Å²) in [7, 11) is 0. The zero-order valence-corrected chi connectivity index (χ0v) is 23.9. The topological polar surface area (TPSA) is 120 Å². The van der Waals surface area contributed by atoms with Crippen LogP contribution in [0, 0.1) is 0 Å². The van der Waals surface area contributed by atoms with Gasteiger partial charge in [0.05, 0.1) is 11.3 Å². The number of amides is 1. The van der Waals surface area contributed by atoms with Gasteiger partial charge in [-0.3, -0.25) is 9.36 Å². The van der Waals surface area contributed by atoms with Gasteiger partial charge in [0.1, 0.15) is 17.0 Å². The number of anilines is 1. The summed E-state index contributed by atoms with van der Waals surface area (Å²) in [5.74, 6) is 0.916. The molecule has 12 heteroatoms. The van der Waals surface area contributed by atoms with Gasteiger partial charge in [-0.2, -0.15) is 13.9 Å². The highest BCUT2D eigenvalue weighted by Gasteiger charge is 2.29. The number of aryl methyl sites for hydroxylation is 1. The number of nitrogens with two attached hydrogens (primary N) is 1. The fourth-order valence-corrected chi connectivity index (χ4v) is 6.31. The normalized spacial score (nSPS) is 17.0. The molecule has 1 aliphatic heterocycles. The molecule has 1 aromatic carbocycles. The molecule has 7 rings (SSSR count). The molecule has 1 atom stereocenters. The minimum Gasteiger partial charge on any atom is -0.383 e. The van der Waals surface area contributed by atoms with Crippen LogP contribution in [0.5, 0.6) is 0 Å². The molecule has 1 unspecified atom stereocenters. The summed E-state index contributed by atoms with van der Waals surface area (Å²) in [6, 6.07) is 15.7. The summed E-state index contributed by atoms with van der Waals surface area (Å²) >= 11 is 0. The highest BCUT2D eigenvalue weighted by molar-refractivity contribution is 5.87. The number of alkyl halides is 2. The number of aromatic nitrogens is 6. The van der Waals surface area contributed by atoms with E-state index in [9.17, 15) is 13.6 Å². The molecule has 0 bridgehead atoms. The van der Waals surface area contributed by atoms with Crippen LogP contribution in [0.2, 0.25) is 0 Å². The molecule has 0 spiro atoms. The summed E-state index contributed by atoms with van der Waals surface area (Å²) in [5.41, 5.74) is 12.3. The standard InChI is InChI=1S/C32H31F2N9O/c1-2-28(44)41-15-11-20(12-16-41)37-24-8-5-19-18-21(6-7-22(19)24)43-30(23-4-3-14-36-29(23)35)39-27-10-9-25(38-31(27)43)26-13-17-42(40-26)32(33)34/h2-4,6-7,9-10,13-14,17-18,20,24,32,37H,1,5,8,11-12,15-16H2,(H2,35,36). The second-order valence-electron chi connectivity index (χ2n) is 11.1. The number of hydrogen-bond donors (Lipinski definition) is 2. The Hall–Kier alpha value is -4.97. The lowest BCUT2D eigenvalue weighted by molar-refractivity contribution is -0.127. The first-order chi connectivity index (χ1) is 21.4. The van der Waals surface area contributed by atoms with Gasteiger partial charge in [0.25, 0.3) is 0 Å². The number of hydrogen-bond acceptors (Lipinski definition) is 7. The monoisotopic (exact) mass is 595 g/mol. The third kappa shape index (κ3) is 5.00. The molecule has 1 fully saturated rings. The van der Waals surface area contributed by atoms with E-state index in [1.807, 2.05) is 27.7 Å². The summed E-state index contributed by atoms with van der Waals surface area (Å²) in [6.07, 6.45) is 7.95. The van der Waals surface area contributed by atoms with E-state index in [0.29, 0.717) is 50.5 Å². The Labute approximate surface area is 252 Å². The maximum atomic E-state index is 13.2. The Kier molecular flexibility index (Phi) is 7.13. The second kappa shape index (κ2) is 11.3. The van der Waals surface area contributed by atoms with E-state index in [-0.39, 0.29) is 11.9 Å². The summed E-state index contributed by atoms with van der Waals surface area (Å²) in [4.78, 5) is 27.8. The first-order valence-electron chi connectivity index (χ1n) is 14.6. The quantitative estimate of drug-likeness (QED) is 0.252. The minimum atomic E-state index is -2.74. The van der Waals surface area contributed by atoms with Gasteiger partial charge in [-0.25, -0.2) is 19.6 Å². The Morgan fingerprint density at radius 2 is 1.91 bits per heavy atom. The maximum Gasteiger partial charge on any atom is 0.333 e. The molecule has 0 saturated carbocycles. The van der Waals surface area contributed by atoms with Crippen molar-refractivity contribution in [3.63, 3.8) is 0 Å².